The Balaban J connectivity index is 1.54. The fourth-order valence-electron chi connectivity index (χ4n) is 4.89. The molecule has 0 unspecified atom stereocenters. The number of rotatable bonds is 7. The molecule has 1 aliphatic rings. The number of hydrogen-bond acceptors (Lipinski definition) is 5. The number of imidazole rings is 1. The number of anilines is 2. The van der Waals surface area contributed by atoms with Gasteiger partial charge in [0.1, 0.15) is 5.75 Å². The van der Waals surface area contributed by atoms with Gasteiger partial charge in [-0.05, 0) is 55.5 Å². The molecular weight excluding hydrogens is 442 g/mol. The first-order valence-corrected chi connectivity index (χ1v) is 12.2. The summed E-state index contributed by atoms with van der Waals surface area (Å²) in [6.07, 6.45) is 1.52. The van der Waals surface area contributed by atoms with Gasteiger partial charge < -0.3 is 14.2 Å². The highest BCUT2D eigenvalue weighted by Gasteiger charge is 2.29. The summed E-state index contributed by atoms with van der Waals surface area (Å²) in [7, 11) is 1.70. The van der Waals surface area contributed by atoms with E-state index in [-0.39, 0.29) is 11.2 Å². The van der Waals surface area contributed by atoms with E-state index in [9.17, 15) is 9.59 Å². The van der Waals surface area contributed by atoms with Gasteiger partial charge in [-0.15, -0.1) is 0 Å². The zero-order chi connectivity index (χ0) is 24.5. The lowest BCUT2D eigenvalue weighted by Crippen LogP contribution is -2.40. The fourth-order valence-corrected chi connectivity index (χ4v) is 4.89. The van der Waals surface area contributed by atoms with Crippen LogP contribution in [0.1, 0.15) is 25.8 Å². The van der Waals surface area contributed by atoms with Crippen LogP contribution < -0.4 is 20.9 Å². The Morgan fingerprint density at radius 1 is 1.03 bits per heavy atom. The van der Waals surface area contributed by atoms with Crippen molar-refractivity contribution < 1.29 is 4.74 Å². The van der Waals surface area contributed by atoms with E-state index in [0.29, 0.717) is 49.1 Å². The third-order valence-corrected chi connectivity index (χ3v) is 6.59. The van der Waals surface area contributed by atoms with Crippen LogP contribution in [-0.4, -0.2) is 31.8 Å². The summed E-state index contributed by atoms with van der Waals surface area (Å²) in [5, 5.41) is 0. The molecule has 3 heterocycles. The molecule has 2 aromatic carbocycles. The molecule has 1 aliphatic heterocycles. The lowest BCUT2D eigenvalue weighted by atomic mass is 10.1. The molecule has 0 bridgehead atoms. The monoisotopic (exact) mass is 473 g/mol. The Morgan fingerprint density at radius 3 is 2.49 bits per heavy atom. The van der Waals surface area contributed by atoms with Crippen LogP contribution in [0.5, 0.6) is 5.75 Å². The summed E-state index contributed by atoms with van der Waals surface area (Å²) in [6, 6.07) is 18.0. The van der Waals surface area contributed by atoms with Gasteiger partial charge in [-0.2, -0.15) is 4.98 Å². The lowest BCUT2D eigenvalue weighted by Gasteiger charge is -2.33. The first-order chi connectivity index (χ1) is 17.0. The van der Waals surface area contributed by atoms with Gasteiger partial charge in [-0.3, -0.25) is 13.9 Å². The van der Waals surface area contributed by atoms with Crippen LogP contribution in [0.2, 0.25) is 0 Å². The van der Waals surface area contributed by atoms with E-state index < -0.39 is 0 Å². The quantitative estimate of drug-likeness (QED) is 0.409. The summed E-state index contributed by atoms with van der Waals surface area (Å²) in [4.78, 5) is 33.6. The maximum atomic E-state index is 13.6. The zero-order valence-electron chi connectivity index (χ0n) is 20.5. The van der Waals surface area contributed by atoms with E-state index in [0.717, 1.165) is 24.4 Å². The maximum Gasteiger partial charge on any atom is 0.332 e. The lowest BCUT2D eigenvalue weighted by molar-refractivity contribution is 0.340. The second-order valence-corrected chi connectivity index (χ2v) is 9.22. The molecule has 35 heavy (non-hydrogen) atoms. The van der Waals surface area contributed by atoms with Crippen molar-refractivity contribution >= 4 is 22.8 Å². The molecule has 4 aromatic rings. The number of hydrogen-bond donors (Lipinski definition) is 0. The molecule has 2 aromatic heterocycles. The second-order valence-electron chi connectivity index (χ2n) is 9.22. The average Bonchev–Trinajstić information content (AvgIpc) is 3.25. The zero-order valence-corrected chi connectivity index (χ0v) is 20.5. The molecule has 0 N–H and O–H groups in total. The summed E-state index contributed by atoms with van der Waals surface area (Å²) < 4.78 is 10.4. The van der Waals surface area contributed by atoms with Gasteiger partial charge in [0.15, 0.2) is 11.2 Å². The van der Waals surface area contributed by atoms with Crippen LogP contribution in [0, 0.1) is 5.92 Å². The Kier molecular flexibility index (Phi) is 6.19. The van der Waals surface area contributed by atoms with Crippen LogP contribution in [0.3, 0.4) is 0 Å². The summed E-state index contributed by atoms with van der Waals surface area (Å²) in [6.45, 7) is 6.56. The first kappa shape index (κ1) is 23.0. The van der Waals surface area contributed by atoms with E-state index in [1.807, 2.05) is 54.0 Å². The highest BCUT2D eigenvalue weighted by Crippen LogP contribution is 2.33. The molecule has 0 radical (unpaired) electrons. The Labute approximate surface area is 204 Å². The van der Waals surface area contributed by atoms with Crippen LogP contribution in [0.4, 0.5) is 11.6 Å². The number of nitrogens with zero attached hydrogens (tertiary/aromatic N) is 5. The van der Waals surface area contributed by atoms with Crippen molar-refractivity contribution in [2.75, 3.05) is 18.1 Å². The standard InChI is InChI=1S/C27H31N5O3/c1-4-35-22-14-12-21(13-15-22)31-17-19(2)18-32-23-24(28-26(31)32)29(3)27(34)30(25(23)33)16-8-11-20-9-6-5-7-10-20/h5-7,9-10,12-15,19H,4,8,11,16-18H2,1-3H3/t19-/m1/s1. The molecule has 5 rings (SSSR count). The van der Waals surface area contributed by atoms with Gasteiger partial charge in [0.2, 0.25) is 5.95 Å². The van der Waals surface area contributed by atoms with E-state index in [4.69, 9.17) is 9.72 Å². The van der Waals surface area contributed by atoms with Gasteiger partial charge in [-0.1, -0.05) is 37.3 Å². The number of benzene rings is 2. The molecule has 8 nitrogen and oxygen atoms in total. The third kappa shape index (κ3) is 4.24. The van der Waals surface area contributed by atoms with Crippen molar-refractivity contribution in [1.29, 1.82) is 0 Å². The van der Waals surface area contributed by atoms with Crippen LogP contribution >= 0.6 is 0 Å². The SMILES string of the molecule is CCOc1ccc(N2C[C@@H](C)Cn3c2nc2c3c(=O)n(CCCc3ccccc3)c(=O)n2C)cc1. The predicted molar refractivity (Wildman–Crippen MR) is 138 cm³/mol. The summed E-state index contributed by atoms with van der Waals surface area (Å²) in [5.74, 6) is 1.81. The molecule has 8 heteroatoms. The minimum atomic E-state index is -0.327. The molecule has 0 amide bonds. The highest BCUT2D eigenvalue weighted by atomic mass is 16.5. The maximum absolute atomic E-state index is 13.6. The van der Waals surface area contributed by atoms with E-state index >= 15 is 0 Å². The molecular formula is C27H31N5O3. The van der Waals surface area contributed by atoms with Gasteiger partial charge in [0, 0.05) is 32.4 Å². The molecule has 0 saturated carbocycles. The normalized spacial score (nSPS) is 15.4. The topological polar surface area (TPSA) is 74.3 Å². The van der Waals surface area contributed by atoms with Gasteiger partial charge in [0.05, 0.1) is 6.61 Å². The molecule has 1 atom stereocenters. The van der Waals surface area contributed by atoms with Crippen molar-refractivity contribution in [2.45, 2.75) is 39.8 Å². The van der Waals surface area contributed by atoms with Gasteiger partial charge >= 0.3 is 5.69 Å². The van der Waals surface area contributed by atoms with Crippen molar-refractivity contribution in [2.24, 2.45) is 13.0 Å². The first-order valence-electron chi connectivity index (χ1n) is 12.2. The summed E-state index contributed by atoms with van der Waals surface area (Å²) in [5.41, 5.74) is 2.50. The highest BCUT2D eigenvalue weighted by molar-refractivity contribution is 5.77. The fraction of sp³-hybridized carbons (Fsp3) is 0.370. The van der Waals surface area contributed by atoms with Crippen molar-refractivity contribution in [3.63, 3.8) is 0 Å². The summed E-state index contributed by atoms with van der Waals surface area (Å²) >= 11 is 0. The second kappa shape index (κ2) is 9.44. The molecule has 0 aliphatic carbocycles. The van der Waals surface area contributed by atoms with Crippen molar-refractivity contribution in [1.82, 2.24) is 18.7 Å². The van der Waals surface area contributed by atoms with E-state index in [1.54, 1.807) is 7.05 Å². The number of fused-ring (bicyclic) bond motifs is 3. The smallest absolute Gasteiger partial charge is 0.332 e. The number of ether oxygens (including phenoxy) is 1. The largest absolute Gasteiger partial charge is 0.494 e. The number of aromatic nitrogens is 4. The van der Waals surface area contributed by atoms with Crippen LogP contribution in [-0.2, 0) is 26.6 Å². The van der Waals surface area contributed by atoms with E-state index in [2.05, 4.69) is 24.0 Å². The van der Waals surface area contributed by atoms with Crippen LogP contribution in [0.15, 0.2) is 64.2 Å². The van der Waals surface area contributed by atoms with E-state index in [1.165, 1.54) is 14.7 Å². The molecule has 182 valence electrons. The number of aryl methyl sites for hydroxylation is 2. The third-order valence-electron chi connectivity index (χ3n) is 6.59. The van der Waals surface area contributed by atoms with Crippen LogP contribution in [0.25, 0.3) is 11.2 Å². The minimum Gasteiger partial charge on any atom is -0.494 e. The Hall–Kier alpha value is -3.81. The molecule has 0 spiro atoms. The van der Waals surface area contributed by atoms with Gasteiger partial charge in [0.25, 0.3) is 5.56 Å². The Bertz CT molecular complexity index is 1450. The molecule has 0 fully saturated rings. The molecule has 0 saturated heterocycles. The van der Waals surface area contributed by atoms with Crippen molar-refractivity contribution in [3.8, 4) is 5.75 Å². The van der Waals surface area contributed by atoms with Crippen molar-refractivity contribution in [3.05, 3.63) is 81.0 Å². The Morgan fingerprint density at radius 2 is 1.77 bits per heavy atom. The average molecular weight is 474 g/mol. The minimum absolute atomic E-state index is 0.268. The van der Waals surface area contributed by atoms with Gasteiger partial charge in [-0.25, -0.2) is 4.79 Å². The predicted octanol–water partition coefficient (Wildman–Crippen LogP) is 3.72.